The van der Waals surface area contributed by atoms with Gasteiger partial charge in [0.15, 0.2) is 0 Å². The topological polar surface area (TPSA) is 206 Å². The summed E-state index contributed by atoms with van der Waals surface area (Å²) in [5, 5.41) is 23.5. The highest BCUT2D eigenvalue weighted by Gasteiger charge is 2.39. The van der Waals surface area contributed by atoms with Crippen molar-refractivity contribution in [3.63, 3.8) is 0 Å². The number of carbonyl (C=O) groups excluding carboxylic acids is 1. The molecule has 1 atom stereocenters. The van der Waals surface area contributed by atoms with Crippen molar-refractivity contribution in [2.45, 2.75) is 50.7 Å². The molecule has 3 aromatic rings. The summed E-state index contributed by atoms with van der Waals surface area (Å²) in [6.07, 6.45) is 0.797. The Labute approximate surface area is 298 Å². The molecule has 0 radical (unpaired) electrons. The second-order valence-corrected chi connectivity index (χ2v) is 14.5. The van der Waals surface area contributed by atoms with Crippen molar-refractivity contribution in [2.24, 2.45) is 5.92 Å². The summed E-state index contributed by atoms with van der Waals surface area (Å²) in [7, 11) is -3.63. The number of amides is 1. The fraction of sp³-hybridized carbons (Fsp3) is 0.485. The first-order chi connectivity index (χ1) is 24.8. The highest BCUT2D eigenvalue weighted by molar-refractivity contribution is 7.89. The number of benzene rings is 1. The van der Waals surface area contributed by atoms with E-state index in [9.17, 15) is 31.2 Å². The van der Waals surface area contributed by atoms with Crippen LogP contribution in [0.5, 0.6) is 0 Å². The summed E-state index contributed by atoms with van der Waals surface area (Å²) in [4.78, 5) is 42.8. The number of rotatable bonds is 15. The molecule has 2 aliphatic rings. The number of carboxylic acids is 1. The van der Waals surface area contributed by atoms with Crippen molar-refractivity contribution in [1.82, 2.24) is 30.0 Å². The number of sulfonamides is 1. The molecule has 2 fully saturated rings. The maximum Gasteiger partial charge on any atom is 0.451 e. The summed E-state index contributed by atoms with van der Waals surface area (Å²) >= 11 is 0. The van der Waals surface area contributed by atoms with E-state index >= 15 is 0 Å². The van der Waals surface area contributed by atoms with Crippen LogP contribution < -0.4 is 25.2 Å². The van der Waals surface area contributed by atoms with E-state index in [1.807, 2.05) is 12.1 Å². The predicted molar refractivity (Wildman–Crippen MR) is 184 cm³/mol. The van der Waals surface area contributed by atoms with Crippen molar-refractivity contribution < 1.29 is 36.3 Å². The van der Waals surface area contributed by atoms with E-state index < -0.39 is 34.0 Å². The van der Waals surface area contributed by atoms with Gasteiger partial charge >= 0.3 is 12.1 Å². The number of halogens is 3. The molecule has 278 valence electrons. The molecule has 2 aliphatic heterocycles. The molecular formula is C33H39F3N10O5S. The van der Waals surface area contributed by atoms with E-state index in [-0.39, 0.29) is 53.8 Å². The zero-order valence-corrected chi connectivity index (χ0v) is 29.0. The number of aromatic nitrogens is 4. The van der Waals surface area contributed by atoms with Crippen LogP contribution in [0.2, 0.25) is 0 Å². The van der Waals surface area contributed by atoms with E-state index in [0.717, 1.165) is 18.0 Å². The Hall–Kier alpha value is -5.09. The Morgan fingerprint density at radius 1 is 0.981 bits per heavy atom. The number of piperidine rings is 1. The molecule has 2 saturated heterocycles. The normalized spacial score (nSPS) is 16.8. The molecule has 0 saturated carbocycles. The van der Waals surface area contributed by atoms with Gasteiger partial charge in [-0.1, -0.05) is 12.1 Å². The van der Waals surface area contributed by atoms with Gasteiger partial charge in [-0.25, -0.2) is 37.9 Å². The Morgan fingerprint density at radius 2 is 1.67 bits per heavy atom. The fourth-order valence-electron chi connectivity index (χ4n) is 6.13. The maximum absolute atomic E-state index is 14.0. The van der Waals surface area contributed by atoms with E-state index in [1.54, 1.807) is 21.9 Å². The third-order valence-electron chi connectivity index (χ3n) is 8.96. The number of hydrogen-bond donors (Lipinski definition) is 4. The second kappa shape index (κ2) is 17.0. The van der Waals surface area contributed by atoms with Crippen molar-refractivity contribution in [3.8, 4) is 6.07 Å². The quantitative estimate of drug-likeness (QED) is 0.177. The van der Waals surface area contributed by atoms with Gasteiger partial charge < -0.3 is 25.5 Å². The van der Waals surface area contributed by atoms with E-state index in [0.29, 0.717) is 70.3 Å². The van der Waals surface area contributed by atoms with Crippen LogP contribution in [0.1, 0.15) is 59.4 Å². The van der Waals surface area contributed by atoms with E-state index in [1.165, 1.54) is 6.07 Å². The van der Waals surface area contributed by atoms with Crippen LogP contribution in [0.3, 0.4) is 0 Å². The van der Waals surface area contributed by atoms with Gasteiger partial charge in [0.05, 0.1) is 22.9 Å². The molecule has 4 N–H and O–H groups in total. The lowest BCUT2D eigenvalue weighted by atomic mass is 9.94. The minimum Gasteiger partial charge on any atom is -0.478 e. The molecule has 0 spiro atoms. The molecule has 15 nitrogen and oxygen atoms in total. The lowest BCUT2D eigenvalue weighted by molar-refractivity contribution is -0.144. The van der Waals surface area contributed by atoms with Crippen molar-refractivity contribution in [2.75, 3.05) is 60.1 Å². The van der Waals surface area contributed by atoms with Gasteiger partial charge in [-0.3, -0.25) is 4.79 Å². The number of nitrogens with one attached hydrogen (secondary N) is 3. The summed E-state index contributed by atoms with van der Waals surface area (Å²) in [6.45, 7) is 1.71. The second-order valence-electron chi connectivity index (χ2n) is 12.6. The van der Waals surface area contributed by atoms with Crippen LogP contribution in [-0.4, -0.2) is 96.4 Å². The van der Waals surface area contributed by atoms with Gasteiger partial charge in [0, 0.05) is 57.7 Å². The lowest BCUT2D eigenvalue weighted by Crippen LogP contribution is -2.44. The first kappa shape index (κ1) is 38.1. The molecule has 19 heteroatoms. The lowest BCUT2D eigenvalue weighted by Gasteiger charge is -2.34. The number of nitrogens with zero attached hydrogens (tertiary/aromatic N) is 7. The average molecular weight is 745 g/mol. The molecule has 1 unspecified atom stereocenters. The summed E-state index contributed by atoms with van der Waals surface area (Å²) in [5.41, 5.74) is 1.38. The summed E-state index contributed by atoms with van der Waals surface area (Å²) in [5.74, 6) is -2.61. The van der Waals surface area contributed by atoms with Gasteiger partial charge in [-0.15, -0.1) is 0 Å². The Morgan fingerprint density at radius 3 is 2.33 bits per heavy atom. The smallest absolute Gasteiger partial charge is 0.451 e. The number of nitriles is 1. The van der Waals surface area contributed by atoms with E-state index in [2.05, 4.69) is 41.4 Å². The first-order valence-electron chi connectivity index (χ1n) is 16.8. The SMILES string of the molecule is N#Cc1ccc(CCNC(=O)C2CCCN2c2cc(N3CCC(CCNS(=O)(=O)CCNc4ncc(C(=O)O)cn4)CC3)nc(C(F)(F)F)n2)cc1. The zero-order valence-electron chi connectivity index (χ0n) is 28.1. The number of carbonyl (C=O) groups is 2. The average Bonchev–Trinajstić information content (AvgIpc) is 3.62. The van der Waals surface area contributed by atoms with Crippen LogP contribution in [0, 0.1) is 17.2 Å². The Kier molecular flexibility index (Phi) is 12.4. The molecule has 4 heterocycles. The molecule has 1 amide bonds. The number of alkyl halides is 3. The number of carboxylic acid groups (broad SMARTS) is 1. The molecule has 5 rings (SSSR count). The fourth-order valence-corrected chi connectivity index (χ4v) is 7.08. The minimum absolute atomic E-state index is 0.00368. The van der Waals surface area contributed by atoms with Gasteiger partial charge in [-0.05, 0) is 62.1 Å². The highest BCUT2D eigenvalue weighted by Crippen LogP contribution is 2.34. The van der Waals surface area contributed by atoms with Gasteiger partial charge in [0.2, 0.25) is 27.7 Å². The molecule has 0 bridgehead atoms. The highest BCUT2D eigenvalue weighted by atomic mass is 32.2. The molecule has 0 aliphatic carbocycles. The molecular weight excluding hydrogens is 705 g/mol. The van der Waals surface area contributed by atoms with Crippen LogP contribution in [0.4, 0.5) is 30.8 Å². The predicted octanol–water partition coefficient (Wildman–Crippen LogP) is 2.82. The molecule has 2 aromatic heterocycles. The van der Waals surface area contributed by atoms with Crippen molar-refractivity contribution >= 4 is 39.5 Å². The summed E-state index contributed by atoms with van der Waals surface area (Å²) < 4.78 is 69.5. The van der Waals surface area contributed by atoms with Gasteiger partial charge in [-0.2, -0.15) is 18.4 Å². The van der Waals surface area contributed by atoms with Crippen LogP contribution >= 0.6 is 0 Å². The van der Waals surface area contributed by atoms with E-state index in [4.69, 9.17) is 10.4 Å². The zero-order chi connectivity index (χ0) is 37.3. The van der Waals surface area contributed by atoms with Gasteiger partial charge in [0.25, 0.3) is 0 Å². The minimum atomic E-state index is -4.80. The van der Waals surface area contributed by atoms with Crippen LogP contribution in [-0.2, 0) is 27.4 Å². The van der Waals surface area contributed by atoms with Crippen LogP contribution in [0.15, 0.2) is 42.7 Å². The monoisotopic (exact) mass is 744 g/mol. The largest absolute Gasteiger partial charge is 0.478 e. The number of anilines is 3. The Balaban J connectivity index is 1.12. The third kappa shape index (κ3) is 10.5. The van der Waals surface area contributed by atoms with Gasteiger partial charge in [0.1, 0.15) is 17.7 Å². The number of hydrogen-bond acceptors (Lipinski definition) is 12. The molecule has 1 aromatic carbocycles. The maximum atomic E-state index is 14.0. The third-order valence-corrected chi connectivity index (χ3v) is 10.3. The van der Waals surface area contributed by atoms with Crippen LogP contribution in [0.25, 0.3) is 0 Å². The summed E-state index contributed by atoms with van der Waals surface area (Å²) in [6, 6.07) is 9.89. The Bertz CT molecular complexity index is 1850. The van der Waals surface area contributed by atoms with Crippen molar-refractivity contribution in [1.29, 1.82) is 5.26 Å². The van der Waals surface area contributed by atoms with Crippen molar-refractivity contribution in [3.05, 3.63) is 65.2 Å². The standard InChI is InChI=1S/C33H39F3N10O5S/c34-33(35,36)31-43-27(18-28(44-31)46-14-1-2-26(46)29(47)38-11-7-22-3-5-24(19-37)6-4-22)45-15-9-23(10-16-45)8-12-42-52(50,51)17-13-39-32-40-20-25(21-41-32)30(48)49/h3-6,18,20-21,23,26,42H,1-2,7-17H2,(H,38,47)(H,48,49)(H,39,40,41). The first-order valence-corrected chi connectivity index (χ1v) is 18.5. The molecule has 52 heavy (non-hydrogen) atoms. The number of aromatic carboxylic acids is 1.